The minimum absolute atomic E-state index is 0.777. The average Bonchev–Trinajstić information content (AvgIpc) is 2.19. The van der Waals surface area contributed by atoms with Crippen molar-refractivity contribution in [3.05, 3.63) is 0 Å². The standard InChI is InChI=1S/C12H26N2/c1-4-7-11(2)14-9-6-5-8-12(14)10-13-3/h11-13H,4-10H2,1-3H3. The Bertz CT molecular complexity index is 145. The molecule has 2 heteroatoms. The Morgan fingerprint density at radius 2 is 2.21 bits per heavy atom. The van der Waals surface area contributed by atoms with Gasteiger partial charge in [0.15, 0.2) is 0 Å². The Kier molecular flexibility index (Phi) is 5.49. The molecule has 1 fully saturated rings. The van der Waals surface area contributed by atoms with Crippen molar-refractivity contribution in [3.8, 4) is 0 Å². The molecule has 1 aliphatic rings. The van der Waals surface area contributed by atoms with Gasteiger partial charge in [-0.2, -0.15) is 0 Å². The zero-order valence-electron chi connectivity index (χ0n) is 10.1. The minimum Gasteiger partial charge on any atom is -0.318 e. The van der Waals surface area contributed by atoms with Crippen LogP contribution in [0.5, 0.6) is 0 Å². The van der Waals surface area contributed by atoms with Crippen molar-refractivity contribution in [2.45, 2.75) is 58.0 Å². The van der Waals surface area contributed by atoms with E-state index in [-0.39, 0.29) is 0 Å². The summed E-state index contributed by atoms with van der Waals surface area (Å²) >= 11 is 0. The van der Waals surface area contributed by atoms with Crippen LogP contribution >= 0.6 is 0 Å². The fourth-order valence-corrected chi connectivity index (χ4v) is 2.64. The predicted octanol–water partition coefficient (Wildman–Crippen LogP) is 2.25. The predicted molar refractivity (Wildman–Crippen MR) is 62.6 cm³/mol. The molecule has 0 aromatic rings. The number of nitrogens with one attached hydrogen (secondary N) is 1. The van der Waals surface area contributed by atoms with Gasteiger partial charge in [0, 0.05) is 18.6 Å². The molecule has 84 valence electrons. The molecule has 2 unspecified atom stereocenters. The highest BCUT2D eigenvalue weighted by Gasteiger charge is 2.24. The molecule has 1 rings (SSSR count). The smallest absolute Gasteiger partial charge is 0.0223 e. The molecule has 2 atom stereocenters. The van der Waals surface area contributed by atoms with Crippen LogP contribution in [0.15, 0.2) is 0 Å². The third kappa shape index (κ3) is 3.25. The van der Waals surface area contributed by atoms with Gasteiger partial charge in [-0.1, -0.05) is 19.8 Å². The molecule has 0 radical (unpaired) electrons. The van der Waals surface area contributed by atoms with Gasteiger partial charge in [-0.25, -0.2) is 0 Å². The van der Waals surface area contributed by atoms with E-state index < -0.39 is 0 Å². The molecule has 0 saturated carbocycles. The average molecular weight is 198 g/mol. The molecule has 0 aliphatic carbocycles. The minimum atomic E-state index is 0.777. The lowest BCUT2D eigenvalue weighted by Gasteiger charge is -2.40. The molecule has 0 bridgehead atoms. The van der Waals surface area contributed by atoms with Crippen molar-refractivity contribution < 1.29 is 0 Å². The lowest BCUT2D eigenvalue weighted by Crippen LogP contribution is -2.49. The molecule has 1 heterocycles. The number of hydrogen-bond donors (Lipinski definition) is 1. The summed E-state index contributed by atoms with van der Waals surface area (Å²) in [5.74, 6) is 0. The first kappa shape index (κ1) is 12.0. The highest BCUT2D eigenvalue weighted by molar-refractivity contribution is 4.81. The van der Waals surface area contributed by atoms with Gasteiger partial charge >= 0.3 is 0 Å². The van der Waals surface area contributed by atoms with Crippen molar-refractivity contribution in [1.82, 2.24) is 10.2 Å². The first-order valence-electron chi connectivity index (χ1n) is 6.20. The van der Waals surface area contributed by atoms with Crippen molar-refractivity contribution in [2.24, 2.45) is 0 Å². The number of piperidine rings is 1. The molecule has 1 aliphatic heterocycles. The fraction of sp³-hybridized carbons (Fsp3) is 1.00. The largest absolute Gasteiger partial charge is 0.318 e. The Hall–Kier alpha value is -0.0800. The Balaban J connectivity index is 2.44. The van der Waals surface area contributed by atoms with Crippen LogP contribution in [-0.2, 0) is 0 Å². The van der Waals surface area contributed by atoms with Crippen molar-refractivity contribution in [1.29, 1.82) is 0 Å². The maximum absolute atomic E-state index is 3.32. The molecule has 2 nitrogen and oxygen atoms in total. The van der Waals surface area contributed by atoms with Crippen molar-refractivity contribution in [2.75, 3.05) is 20.1 Å². The summed E-state index contributed by atoms with van der Waals surface area (Å²) in [6.45, 7) is 7.15. The Morgan fingerprint density at radius 3 is 2.86 bits per heavy atom. The number of nitrogens with zero attached hydrogens (tertiary/aromatic N) is 1. The van der Waals surface area contributed by atoms with Crippen molar-refractivity contribution in [3.63, 3.8) is 0 Å². The van der Waals surface area contributed by atoms with Gasteiger partial charge in [0.2, 0.25) is 0 Å². The number of likely N-dealkylation sites (tertiary alicyclic amines) is 1. The highest BCUT2D eigenvalue weighted by atomic mass is 15.2. The third-order valence-corrected chi connectivity index (χ3v) is 3.39. The van der Waals surface area contributed by atoms with Gasteiger partial charge in [0.25, 0.3) is 0 Å². The van der Waals surface area contributed by atoms with E-state index in [0.29, 0.717) is 0 Å². The summed E-state index contributed by atoms with van der Waals surface area (Å²) in [7, 11) is 2.07. The normalized spacial score (nSPS) is 26.4. The van der Waals surface area contributed by atoms with Crippen LogP contribution in [0.3, 0.4) is 0 Å². The Labute approximate surface area is 89.1 Å². The van der Waals surface area contributed by atoms with E-state index >= 15 is 0 Å². The van der Waals surface area contributed by atoms with Crippen LogP contribution in [0, 0.1) is 0 Å². The van der Waals surface area contributed by atoms with Gasteiger partial charge in [0.05, 0.1) is 0 Å². The zero-order chi connectivity index (χ0) is 10.4. The first-order chi connectivity index (χ1) is 6.79. The van der Waals surface area contributed by atoms with Crippen LogP contribution in [0.25, 0.3) is 0 Å². The van der Waals surface area contributed by atoms with E-state index in [1.165, 1.54) is 38.6 Å². The zero-order valence-corrected chi connectivity index (χ0v) is 10.1. The quantitative estimate of drug-likeness (QED) is 0.729. The topological polar surface area (TPSA) is 15.3 Å². The second-order valence-corrected chi connectivity index (χ2v) is 4.58. The molecule has 0 amide bonds. The van der Waals surface area contributed by atoms with Gasteiger partial charge in [-0.15, -0.1) is 0 Å². The molecular formula is C12H26N2. The van der Waals surface area contributed by atoms with Crippen LogP contribution in [-0.4, -0.2) is 37.1 Å². The number of rotatable bonds is 5. The second-order valence-electron chi connectivity index (χ2n) is 4.58. The van der Waals surface area contributed by atoms with Crippen LogP contribution in [0.4, 0.5) is 0 Å². The summed E-state index contributed by atoms with van der Waals surface area (Å²) in [6, 6.07) is 1.56. The van der Waals surface area contributed by atoms with Crippen LogP contribution < -0.4 is 5.32 Å². The van der Waals surface area contributed by atoms with E-state index in [1.54, 1.807) is 0 Å². The number of hydrogen-bond acceptors (Lipinski definition) is 2. The van der Waals surface area contributed by atoms with Crippen molar-refractivity contribution >= 4 is 0 Å². The summed E-state index contributed by atoms with van der Waals surface area (Å²) in [6.07, 6.45) is 6.86. The second kappa shape index (κ2) is 6.41. The fourth-order valence-electron chi connectivity index (χ4n) is 2.64. The van der Waals surface area contributed by atoms with E-state index in [2.05, 4.69) is 31.1 Å². The Morgan fingerprint density at radius 1 is 1.43 bits per heavy atom. The SMILES string of the molecule is CCCC(C)N1CCCCC1CNC. The van der Waals surface area contributed by atoms with Gasteiger partial charge in [0.1, 0.15) is 0 Å². The van der Waals surface area contributed by atoms with E-state index in [4.69, 9.17) is 0 Å². The molecule has 0 aromatic heterocycles. The molecule has 0 aromatic carbocycles. The first-order valence-corrected chi connectivity index (χ1v) is 6.20. The van der Waals surface area contributed by atoms with E-state index in [9.17, 15) is 0 Å². The maximum Gasteiger partial charge on any atom is 0.0223 e. The van der Waals surface area contributed by atoms with Gasteiger partial charge in [-0.3, -0.25) is 4.90 Å². The molecule has 1 saturated heterocycles. The lowest BCUT2D eigenvalue weighted by atomic mass is 9.98. The summed E-state index contributed by atoms with van der Waals surface area (Å²) in [5, 5.41) is 3.32. The van der Waals surface area contributed by atoms with Crippen LogP contribution in [0.2, 0.25) is 0 Å². The van der Waals surface area contributed by atoms with Gasteiger partial charge < -0.3 is 5.32 Å². The number of likely N-dealkylation sites (N-methyl/N-ethyl adjacent to an activating group) is 1. The maximum atomic E-state index is 3.32. The third-order valence-electron chi connectivity index (χ3n) is 3.39. The van der Waals surface area contributed by atoms with E-state index in [1.807, 2.05) is 0 Å². The van der Waals surface area contributed by atoms with E-state index in [0.717, 1.165) is 18.6 Å². The monoisotopic (exact) mass is 198 g/mol. The summed E-state index contributed by atoms with van der Waals surface area (Å²) in [4.78, 5) is 2.71. The summed E-state index contributed by atoms with van der Waals surface area (Å²) < 4.78 is 0. The lowest BCUT2D eigenvalue weighted by molar-refractivity contribution is 0.0980. The highest BCUT2D eigenvalue weighted by Crippen LogP contribution is 2.20. The molecule has 14 heavy (non-hydrogen) atoms. The van der Waals surface area contributed by atoms with Gasteiger partial charge in [-0.05, 0) is 39.8 Å². The molecule has 1 N–H and O–H groups in total. The summed E-state index contributed by atoms with van der Waals surface area (Å²) in [5.41, 5.74) is 0. The van der Waals surface area contributed by atoms with Crippen LogP contribution in [0.1, 0.15) is 46.0 Å². The molecule has 0 spiro atoms. The molecular weight excluding hydrogens is 172 g/mol.